The van der Waals surface area contributed by atoms with Gasteiger partial charge in [0.05, 0.1) is 4.90 Å². The van der Waals surface area contributed by atoms with Crippen LogP contribution in [0.15, 0.2) is 23.1 Å². The summed E-state index contributed by atoms with van der Waals surface area (Å²) in [4.78, 5) is 0.747. The maximum absolute atomic E-state index is 11.7. The number of thiocarbonyl (C=S) groups is 1. The summed E-state index contributed by atoms with van der Waals surface area (Å²) >= 11 is 5.07. The Balaban J connectivity index is 2.70. The van der Waals surface area contributed by atoms with Crippen molar-refractivity contribution in [1.29, 1.82) is 0 Å². The second-order valence-electron chi connectivity index (χ2n) is 3.18. The second-order valence-corrected chi connectivity index (χ2v) is 5.44. The summed E-state index contributed by atoms with van der Waals surface area (Å²) in [6.07, 6.45) is 0. The van der Waals surface area contributed by atoms with E-state index in [9.17, 15) is 8.42 Å². The van der Waals surface area contributed by atoms with Crippen molar-refractivity contribution in [2.75, 3.05) is 7.05 Å². The van der Waals surface area contributed by atoms with Gasteiger partial charge in [0.1, 0.15) is 4.99 Å². The zero-order valence-electron chi connectivity index (χ0n) is 8.07. The first-order valence-electron chi connectivity index (χ1n) is 4.40. The van der Waals surface area contributed by atoms with Gasteiger partial charge in [-0.3, -0.25) is 0 Å². The van der Waals surface area contributed by atoms with Crippen LogP contribution in [0.2, 0.25) is 0 Å². The van der Waals surface area contributed by atoms with Crippen molar-refractivity contribution in [3.05, 3.63) is 29.3 Å². The van der Waals surface area contributed by atoms with Gasteiger partial charge in [0.15, 0.2) is 0 Å². The van der Waals surface area contributed by atoms with Crippen LogP contribution in [0.5, 0.6) is 0 Å². The minimum absolute atomic E-state index is 0.248. The quantitative estimate of drug-likeness (QED) is 0.736. The van der Waals surface area contributed by atoms with E-state index < -0.39 is 10.0 Å². The molecule has 0 spiro atoms. The number of sulfonamides is 1. The molecule has 0 bridgehead atoms. The summed E-state index contributed by atoms with van der Waals surface area (Å²) in [6.45, 7) is 0.598. The van der Waals surface area contributed by atoms with Crippen LogP contribution in [0.1, 0.15) is 11.1 Å². The van der Waals surface area contributed by atoms with Gasteiger partial charge in [0.25, 0.3) is 0 Å². The molecule has 2 rings (SSSR count). The van der Waals surface area contributed by atoms with Crippen LogP contribution in [-0.2, 0) is 16.6 Å². The normalized spacial score (nSPS) is 14.9. The first-order chi connectivity index (χ1) is 7.06. The third kappa shape index (κ3) is 1.64. The summed E-state index contributed by atoms with van der Waals surface area (Å²) in [5, 5.41) is 2.96. The van der Waals surface area contributed by atoms with E-state index in [1.807, 2.05) is 6.07 Å². The molecule has 0 saturated heterocycles. The molecule has 0 atom stereocenters. The number of fused-ring (bicyclic) bond motifs is 1. The molecule has 0 aromatic heterocycles. The molecule has 2 N–H and O–H groups in total. The Morgan fingerprint density at radius 1 is 1.47 bits per heavy atom. The number of benzene rings is 1. The van der Waals surface area contributed by atoms with Crippen molar-refractivity contribution >= 4 is 27.2 Å². The minimum Gasteiger partial charge on any atom is -0.372 e. The van der Waals surface area contributed by atoms with E-state index in [4.69, 9.17) is 12.2 Å². The van der Waals surface area contributed by atoms with Crippen molar-refractivity contribution in [3.8, 4) is 0 Å². The third-order valence-corrected chi connectivity index (χ3v) is 4.14. The first-order valence-corrected chi connectivity index (χ1v) is 6.29. The summed E-state index contributed by atoms with van der Waals surface area (Å²) in [7, 11) is -2.04. The molecule has 1 aliphatic heterocycles. The van der Waals surface area contributed by atoms with Crippen molar-refractivity contribution < 1.29 is 8.42 Å². The molecule has 1 aliphatic rings. The minimum atomic E-state index is -3.43. The van der Waals surface area contributed by atoms with Crippen LogP contribution >= 0.6 is 12.2 Å². The van der Waals surface area contributed by atoms with Gasteiger partial charge in [-0.15, -0.1) is 0 Å². The highest BCUT2D eigenvalue weighted by Gasteiger charge is 2.25. The average molecular weight is 242 g/mol. The van der Waals surface area contributed by atoms with Crippen LogP contribution in [0.3, 0.4) is 0 Å². The molecule has 0 aliphatic carbocycles. The smallest absolute Gasteiger partial charge is 0.241 e. The molecule has 1 aromatic rings. The van der Waals surface area contributed by atoms with E-state index in [1.54, 1.807) is 12.1 Å². The fraction of sp³-hybridized carbons (Fsp3) is 0.222. The van der Waals surface area contributed by atoms with Gasteiger partial charge in [-0.05, 0) is 18.7 Å². The van der Waals surface area contributed by atoms with Crippen LogP contribution < -0.4 is 10.0 Å². The van der Waals surface area contributed by atoms with Crippen molar-refractivity contribution in [2.24, 2.45) is 0 Å². The third-order valence-electron chi connectivity index (χ3n) is 2.34. The van der Waals surface area contributed by atoms with E-state index >= 15 is 0 Å². The van der Waals surface area contributed by atoms with Crippen LogP contribution in [0, 0.1) is 0 Å². The SMILES string of the molecule is CNS(=O)(=O)c1cccc2c1C(=S)NC2. The lowest BCUT2D eigenvalue weighted by molar-refractivity contribution is 0.588. The molecule has 0 amide bonds. The van der Waals surface area contributed by atoms with E-state index in [-0.39, 0.29) is 4.90 Å². The Morgan fingerprint density at radius 3 is 2.87 bits per heavy atom. The Bertz CT molecular complexity index is 523. The number of hydrogen-bond donors (Lipinski definition) is 2. The summed E-state index contributed by atoms with van der Waals surface area (Å²) in [5.74, 6) is 0. The number of nitrogens with one attached hydrogen (secondary N) is 2. The summed E-state index contributed by atoms with van der Waals surface area (Å²) in [6, 6.07) is 5.15. The second kappa shape index (κ2) is 3.55. The average Bonchev–Trinajstić information content (AvgIpc) is 2.60. The molecule has 4 nitrogen and oxygen atoms in total. The number of rotatable bonds is 2. The van der Waals surface area contributed by atoms with E-state index in [0.29, 0.717) is 17.1 Å². The highest BCUT2D eigenvalue weighted by atomic mass is 32.2. The predicted octanol–water partition coefficient (Wildman–Crippen LogP) is 0.373. The van der Waals surface area contributed by atoms with Crippen LogP contribution in [-0.4, -0.2) is 20.5 Å². The van der Waals surface area contributed by atoms with Gasteiger partial charge < -0.3 is 5.32 Å². The lowest BCUT2D eigenvalue weighted by Gasteiger charge is -2.07. The maximum Gasteiger partial charge on any atom is 0.241 e. The maximum atomic E-state index is 11.7. The van der Waals surface area contributed by atoms with Gasteiger partial charge in [-0.25, -0.2) is 13.1 Å². The van der Waals surface area contributed by atoms with E-state index in [1.165, 1.54) is 7.05 Å². The molecule has 80 valence electrons. The molecular weight excluding hydrogens is 232 g/mol. The standard InChI is InChI=1S/C9H10N2O2S2/c1-10-15(12,13)7-4-2-3-6-5-11-9(14)8(6)7/h2-4,10H,5H2,1H3,(H,11,14). The predicted molar refractivity (Wildman–Crippen MR) is 61.2 cm³/mol. The van der Waals surface area contributed by atoms with Gasteiger partial charge >= 0.3 is 0 Å². The first kappa shape index (κ1) is 10.5. The van der Waals surface area contributed by atoms with Crippen molar-refractivity contribution in [3.63, 3.8) is 0 Å². The zero-order chi connectivity index (χ0) is 11.1. The Hall–Kier alpha value is -0.980. The van der Waals surface area contributed by atoms with Gasteiger partial charge in [-0.1, -0.05) is 24.4 Å². The highest BCUT2D eigenvalue weighted by molar-refractivity contribution is 7.89. The fourth-order valence-electron chi connectivity index (χ4n) is 1.58. The van der Waals surface area contributed by atoms with Crippen molar-refractivity contribution in [1.82, 2.24) is 10.0 Å². The van der Waals surface area contributed by atoms with E-state index in [2.05, 4.69) is 10.0 Å². The fourth-order valence-corrected chi connectivity index (χ4v) is 2.94. The summed E-state index contributed by atoms with van der Waals surface area (Å²) in [5.41, 5.74) is 1.55. The Morgan fingerprint density at radius 2 is 2.20 bits per heavy atom. The lowest BCUT2D eigenvalue weighted by atomic mass is 10.1. The topological polar surface area (TPSA) is 58.2 Å². The van der Waals surface area contributed by atoms with Crippen molar-refractivity contribution in [2.45, 2.75) is 11.4 Å². The highest BCUT2D eigenvalue weighted by Crippen LogP contribution is 2.23. The molecule has 1 aromatic carbocycles. The molecule has 0 fully saturated rings. The molecule has 1 heterocycles. The molecular formula is C9H10N2O2S2. The number of hydrogen-bond acceptors (Lipinski definition) is 3. The largest absolute Gasteiger partial charge is 0.372 e. The van der Waals surface area contributed by atoms with E-state index in [0.717, 1.165) is 5.56 Å². The zero-order valence-corrected chi connectivity index (χ0v) is 9.71. The Kier molecular flexibility index (Phi) is 2.49. The van der Waals surface area contributed by atoms with Gasteiger partial charge in [0, 0.05) is 12.1 Å². The molecule has 0 radical (unpaired) electrons. The van der Waals surface area contributed by atoms with Crippen LogP contribution in [0.4, 0.5) is 0 Å². The van der Waals surface area contributed by atoms with Gasteiger partial charge in [0.2, 0.25) is 10.0 Å². The molecule has 0 unspecified atom stereocenters. The van der Waals surface area contributed by atoms with Gasteiger partial charge in [-0.2, -0.15) is 0 Å². The molecule has 6 heteroatoms. The molecule has 0 saturated carbocycles. The monoisotopic (exact) mass is 242 g/mol. The lowest BCUT2D eigenvalue weighted by Crippen LogP contribution is -2.22. The summed E-state index contributed by atoms with van der Waals surface area (Å²) < 4.78 is 25.7. The molecule has 15 heavy (non-hydrogen) atoms. The van der Waals surface area contributed by atoms with Crippen LogP contribution in [0.25, 0.3) is 0 Å². The Labute approximate surface area is 93.7 Å².